The molecule has 3 nitrogen and oxygen atoms in total. The summed E-state index contributed by atoms with van der Waals surface area (Å²) in [5.74, 6) is 1.57. The summed E-state index contributed by atoms with van der Waals surface area (Å²) in [5.41, 5.74) is 2.63. The summed E-state index contributed by atoms with van der Waals surface area (Å²) in [6, 6.07) is 0.255. The SMILES string of the molecule is CC(C)N(C[C@H]1C[C@H]1C)C(=O)/C=C/c1cscn1. The number of aromatic nitrogens is 1. The van der Waals surface area contributed by atoms with E-state index in [9.17, 15) is 4.79 Å². The zero-order valence-corrected chi connectivity index (χ0v) is 12.0. The van der Waals surface area contributed by atoms with Gasteiger partial charge in [-0.25, -0.2) is 4.98 Å². The molecule has 1 aromatic heterocycles. The molecule has 0 N–H and O–H groups in total. The second-order valence-corrected chi connectivity index (χ2v) is 6.02. The van der Waals surface area contributed by atoms with Crippen molar-refractivity contribution < 1.29 is 4.79 Å². The van der Waals surface area contributed by atoms with E-state index in [4.69, 9.17) is 0 Å². The fourth-order valence-electron chi connectivity index (χ4n) is 2.02. The highest BCUT2D eigenvalue weighted by Gasteiger charge is 2.35. The van der Waals surface area contributed by atoms with E-state index in [2.05, 4.69) is 25.8 Å². The van der Waals surface area contributed by atoms with Crippen LogP contribution in [0.25, 0.3) is 6.08 Å². The van der Waals surface area contributed by atoms with Crippen molar-refractivity contribution in [2.75, 3.05) is 6.54 Å². The average Bonchev–Trinajstić information content (AvgIpc) is 2.81. The maximum absolute atomic E-state index is 12.2. The molecular weight excluding hydrogens is 244 g/mol. The molecule has 4 heteroatoms. The highest BCUT2D eigenvalue weighted by Crippen LogP contribution is 2.38. The molecule has 18 heavy (non-hydrogen) atoms. The van der Waals surface area contributed by atoms with E-state index in [1.807, 2.05) is 10.3 Å². The van der Waals surface area contributed by atoms with Crippen LogP contribution in [0.1, 0.15) is 32.9 Å². The van der Waals surface area contributed by atoms with Crippen molar-refractivity contribution in [3.8, 4) is 0 Å². The summed E-state index contributed by atoms with van der Waals surface area (Å²) in [5, 5.41) is 1.94. The van der Waals surface area contributed by atoms with Gasteiger partial charge in [0.2, 0.25) is 5.91 Å². The lowest BCUT2D eigenvalue weighted by atomic mass is 10.2. The van der Waals surface area contributed by atoms with E-state index >= 15 is 0 Å². The van der Waals surface area contributed by atoms with Crippen LogP contribution in [-0.2, 0) is 4.79 Å². The first kappa shape index (κ1) is 13.3. The maximum Gasteiger partial charge on any atom is 0.246 e. The standard InChI is InChI=1S/C14H20N2OS/c1-10(2)16(7-12-6-11(12)3)14(17)5-4-13-8-18-9-15-13/h4-5,8-12H,6-7H2,1-3H3/b5-4+/t11-,12-/m1/s1. The van der Waals surface area contributed by atoms with Crippen molar-refractivity contribution in [3.05, 3.63) is 22.7 Å². The highest BCUT2D eigenvalue weighted by atomic mass is 32.1. The molecule has 0 spiro atoms. The summed E-state index contributed by atoms with van der Waals surface area (Å²) >= 11 is 1.54. The van der Waals surface area contributed by atoms with Crippen molar-refractivity contribution in [2.45, 2.75) is 33.2 Å². The normalized spacial score (nSPS) is 22.7. The van der Waals surface area contributed by atoms with Gasteiger partial charge in [-0.1, -0.05) is 6.92 Å². The molecule has 1 aromatic rings. The molecule has 0 saturated heterocycles. The second-order valence-electron chi connectivity index (χ2n) is 5.30. The van der Waals surface area contributed by atoms with Crippen molar-refractivity contribution >= 4 is 23.3 Å². The fourth-order valence-corrected chi connectivity index (χ4v) is 2.54. The Hall–Kier alpha value is -1.16. The molecule has 0 unspecified atom stereocenters. The number of nitrogens with zero attached hydrogens (tertiary/aromatic N) is 2. The first-order valence-electron chi connectivity index (χ1n) is 6.44. The van der Waals surface area contributed by atoms with Gasteiger partial charge in [0.15, 0.2) is 0 Å². The van der Waals surface area contributed by atoms with Crippen LogP contribution in [0.2, 0.25) is 0 Å². The van der Waals surface area contributed by atoms with Gasteiger partial charge in [-0.2, -0.15) is 0 Å². The predicted molar refractivity (Wildman–Crippen MR) is 75.3 cm³/mol. The van der Waals surface area contributed by atoms with Crippen molar-refractivity contribution in [1.29, 1.82) is 0 Å². The number of hydrogen-bond acceptors (Lipinski definition) is 3. The Labute approximate surface area is 113 Å². The highest BCUT2D eigenvalue weighted by molar-refractivity contribution is 7.07. The lowest BCUT2D eigenvalue weighted by Crippen LogP contribution is -2.37. The number of carbonyl (C=O) groups is 1. The lowest BCUT2D eigenvalue weighted by molar-refractivity contribution is -0.127. The minimum Gasteiger partial charge on any atom is -0.336 e. The van der Waals surface area contributed by atoms with Gasteiger partial charge < -0.3 is 4.90 Å². The van der Waals surface area contributed by atoms with E-state index in [0.717, 1.165) is 18.2 Å². The summed E-state index contributed by atoms with van der Waals surface area (Å²) in [6.07, 6.45) is 4.69. The summed E-state index contributed by atoms with van der Waals surface area (Å²) < 4.78 is 0. The van der Waals surface area contributed by atoms with Gasteiger partial charge in [-0.15, -0.1) is 11.3 Å². The Balaban J connectivity index is 1.95. The molecule has 0 aliphatic heterocycles. The third-order valence-electron chi connectivity index (χ3n) is 3.46. The van der Waals surface area contributed by atoms with Crippen LogP contribution in [0.15, 0.2) is 17.0 Å². The fraction of sp³-hybridized carbons (Fsp3) is 0.571. The molecule has 1 fully saturated rings. The Kier molecular flexibility index (Phi) is 4.17. The zero-order valence-electron chi connectivity index (χ0n) is 11.2. The van der Waals surface area contributed by atoms with E-state index in [1.54, 1.807) is 17.7 Å². The largest absolute Gasteiger partial charge is 0.336 e. The Morgan fingerprint density at radius 2 is 2.39 bits per heavy atom. The third-order valence-corrected chi connectivity index (χ3v) is 4.07. The molecule has 1 aliphatic rings. The first-order chi connectivity index (χ1) is 8.58. The molecule has 2 atom stereocenters. The lowest BCUT2D eigenvalue weighted by Gasteiger charge is -2.25. The summed E-state index contributed by atoms with van der Waals surface area (Å²) in [7, 11) is 0. The van der Waals surface area contributed by atoms with Crippen LogP contribution in [0, 0.1) is 11.8 Å². The van der Waals surface area contributed by atoms with Crippen molar-refractivity contribution in [1.82, 2.24) is 9.88 Å². The van der Waals surface area contributed by atoms with Gasteiger partial charge in [0.1, 0.15) is 0 Å². The molecule has 1 aliphatic carbocycles. The number of amides is 1. The number of rotatable bonds is 5. The minimum atomic E-state index is 0.0945. The Morgan fingerprint density at radius 3 is 2.89 bits per heavy atom. The molecule has 1 amide bonds. The van der Waals surface area contributed by atoms with Crippen LogP contribution in [0.4, 0.5) is 0 Å². The zero-order chi connectivity index (χ0) is 13.1. The monoisotopic (exact) mass is 264 g/mol. The van der Waals surface area contributed by atoms with E-state index < -0.39 is 0 Å². The molecule has 0 aromatic carbocycles. The molecule has 0 radical (unpaired) electrons. The molecule has 0 bridgehead atoms. The van der Waals surface area contributed by atoms with E-state index in [-0.39, 0.29) is 11.9 Å². The molecule has 1 saturated carbocycles. The molecular formula is C14H20N2OS. The smallest absolute Gasteiger partial charge is 0.246 e. The van der Waals surface area contributed by atoms with Crippen molar-refractivity contribution in [2.24, 2.45) is 11.8 Å². The third kappa shape index (κ3) is 3.42. The molecule has 98 valence electrons. The van der Waals surface area contributed by atoms with Crippen LogP contribution in [0.5, 0.6) is 0 Å². The number of hydrogen-bond donors (Lipinski definition) is 0. The summed E-state index contributed by atoms with van der Waals surface area (Å²) in [6.45, 7) is 7.28. The summed E-state index contributed by atoms with van der Waals surface area (Å²) in [4.78, 5) is 18.3. The first-order valence-corrected chi connectivity index (χ1v) is 7.39. The second kappa shape index (κ2) is 5.65. The number of thiazole rings is 1. The van der Waals surface area contributed by atoms with Gasteiger partial charge in [0.25, 0.3) is 0 Å². The Bertz CT molecular complexity index is 425. The topological polar surface area (TPSA) is 33.2 Å². The number of carbonyl (C=O) groups excluding carboxylic acids is 1. The minimum absolute atomic E-state index is 0.0945. The quantitative estimate of drug-likeness (QED) is 0.766. The predicted octanol–water partition coefficient (Wildman–Crippen LogP) is 3.05. The molecule has 1 heterocycles. The van der Waals surface area contributed by atoms with E-state index in [1.165, 1.54) is 17.8 Å². The van der Waals surface area contributed by atoms with Crippen LogP contribution < -0.4 is 0 Å². The van der Waals surface area contributed by atoms with Gasteiger partial charge in [0.05, 0.1) is 11.2 Å². The Morgan fingerprint density at radius 1 is 1.67 bits per heavy atom. The van der Waals surface area contributed by atoms with Gasteiger partial charge in [-0.05, 0) is 38.2 Å². The van der Waals surface area contributed by atoms with E-state index in [0.29, 0.717) is 5.92 Å². The van der Waals surface area contributed by atoms with Crippen LogP contribution in [0.3, 0.4) is 0 Å². The van der Waals surface area contributed by atoms with Gasteiger partial charge >= 0.3 is 0 Å². The van der Waals surface area contributed by atoms with Crippen LogP contribution in [-0.4, -0.2) is 28.4 Å². The van der Waals surface area contributed by atoms with Crippen LogP contribution >= 0.6 is 11.3 Å². The van der Waals surface area contributed by atoms with Crippen molar-refractivity contribution in [3.63, 3.8) is 0 Å². The average molecular weight is 264 g/mol. The molecule has 2 rings (SSSR count). The van der Waals surface area contributed by atoms with Gasteiger partial charge in [-0.3, -0.25) is 4.79 Å². The maximum atomic E-state index is 12.2. The van der Waals surface area contributed by atoms with Gasteiger partial charge in [0, 0.05) is 24.0 Å².